The molecular weight excluding hydrogens is 222 g/mol. The van der Waals surface area contributed by atoms with Crippen molar-refractivity contribution in [2.45, 2.75) is 38.4 Å². The zero-order valence-corrected chi connectivity index (χ0v) is 9.99. The van der Waals surface area contributed by atoms with Crippen LogP contribution in [-0.2, 0) is 11.3 Å². The lowest BCUT2D eigenvalue weighted by atomic mass is 10.3. The Morgan fingerprint density at radius 3 is 2.94 bits per heavy atom. The number of anilines is 1. The Hall–Kier alpha value is -1.63. The van der Waals surface area contributed by atoms with Gasteiger partial charge in [0.05, 0.1) is 6.54 Å². The summed E-state index contributed by atoms with van der Waals surface area (Å²) >= 11 is 0. The smallest absolute Gasteiger partial charge is 0.316 e. The minimum Gasteiger partial charge on any atom is -0.407 e. The van der Waals surface area contributed by atoms with Gasteiger partial charge in [-0.05, 0) is 19.8 Å². The molecule has 0 bridgehead atoms. The van der Waals surface area contributed by atoms with E-state index in [1.807, 2.05) is 0 Å². The molecule has 3 N–H and O–H groups in total. The zero-order valence-electron chi connectivity index (χ0n) is 9.99. The van der Waals surface area contributed by atoms with Gasteiger partial charge in [-0.3, -0.25) is 4.79 Å². The lowest BCUT2D eigenvalue weighted by Crippen LogP contribution is -2.35. The number of aromatic nitrogens is 2. The van der Waals surface area contributed by atoms with Crippen LogP contribution in [0.4, 0.5) is 6.01 Å². The highest BCUT2D eigenvalue weighted by Gasteiger charge is 2.21. The molecule has 94 valence electrons. The van der Waals surface area contributed by atoms with Crippen molar-refractivity contribution >= 4 is 11.9 Å². The van der Waals surface area contributed by atoms with Crippen LogP contribution < -0.4 is 16.0 Å². The van der Waals surface area contributed by atoms with Crippen LogP contribution in [0.2, 0.25) is 0 Å². The van der Waals surface area contributed by atoms with Crippen molar-refractivity contribution in [3.05, 3.63) is 5.89 Å². The minimum absolute atomic E-state index is 0.124. The molecule has 1 aromatic rings. The summed E-state index contributed by atoms with van der Waals surface area (Å²) in [6.07, 6.45) is 2.43. The highest BCUT2D eigenvalue weighted by atomic mass is 16.4. The van der Waals surface area contributed by atoms with Gasteiger partial charge in [0.1, 0.15) is 6.04 Å². The Bertz CT molecular complexity index is 388. The fourth-order valence-electron chi connectivity index (χ4n) is 1.37. The predicted molar refractivity (Wildman–Crippen MR) is 61.3 cm³/mol. The molecule has 1 aliphatic carbocycles. The Morgan fingerprint density at radius 1 is 1.53 bits per heavy atom. The molecule has 1 fully saturated rings. The third kappa shape index (κ3) is 3.42. The Morgan fingerprint density at radius 2 is 2.29 bits per heavy atom. The van der Waals surface area contributed by atoms with Crippen LogP contribution in [0.15, 0.2) is 4.42 Å². The SMILES string of the molecule is CNC(=O)C(C)Nc1nnc(CNC2CC2)o1. The largest absolute Gasteiger partial charge is 0.407 e. The molecule has 17 heavy (non-hydrogen) atoms. The first-order valence-corrected chi connectivity index (χ1v) is 5.73. The molecule has 1 atom stereocenters. The normalized spacial score (nSPS) is 16.6. The fraction of sp³-hybridized carbons (Fsp3) is 0.700. The van der Waals surface area contributed by atoms with Gasteiger partial charge in [0.15, 0.2) is 0 Å². The van der Waals surface area contributed by atoms with Gasteiger partial charge in [-0.15, -0.1) is 5.10 Å². The first kappa shape index (κ1) is 11.8. The van der Waals surface area contributed by atoms with E-state index in [9.17, 15) is 4.79 Å². The number of hydrogen-bond acceptors (Lipinski definition) is 6. The van der Waals surface area contributed by atoms with Crippen molar-refractivity contribution in [1.29, 1.82) is 0 Å². The van der Waals surface area contributed by atoms with Crippen LogP contribution in [0.3, 0.4) is 0 Å². The van der Waals surface area contributed by atoms with E-state index >= 15 is 0 Å². The van der Waals surface area contributed by atoms with Gasteiger partial charge < -0.3 is 20.4 Å². The summed E-state index contributed by atoms with van der Waals surface area (Å²) in [7, 11) is 1.58. The third-order valence-corrected chi connectivity index (χ3v) is 2.57. The van der Waals surface area contributed by atoms with E-state index in [-0.39, 0.29) is 11.9 Å². The van der Waals surface area contributed by atoms with Gasteiger partial charge in [0, 0.05) is 13.1 Å². The summed E-state index contributed by atoms with van der Waals surface area (Å²) in [5, 5.41) is 16.3. The van der Waals surface area contributed by atoms with Crippen molar-refractivity contribution in [3.63, 3.8) is 0 Å². The molecule has 1 aliphatic rings. The molecule has 0 aliphatic heterocycles. The molecule has 0 spiro atoms. The monoisotopic (exact) mass is 239 g/mol. The summed E-state index contributed by atoms with van der Waals surface area (Å²) in [6, 6.07) is 0.474. The molecule has 0 aromatic carbocycles. The van der Waals surface area contributed by atoms with E-state index < -0.39 is 6.04 Å². The second-order valence-corrected chi connectivity index (χ2v) is 4.14. The Labute approximate surface area is 99.4 Å². The molecular formula is C10H17N5O2. The van der Waals surface area contributed by atoms with Crippen molar-refractivity contribution in [3.8, 4) is 0 Å². The van der Waals surface area contributed by atoms with E-state index in [0.29, 0.717) is 18.5 Å². The second-order valence-electron chi connectivity index (χ2n) is 4.14. The van der Waals surface area contributed by atoms with Crippen LogP contribution >= 0.6 is 0 Å². The minimum atomic E-state index is -0.398. The average molecular weight is 239 g/mol. The van der Waals surface area contributed by atoms with Crippen LogP contribution in [0.5, 0.6) is 0 Å². The number of hydrogen-bond donors (Lipinski definition) is 3. The van der Waals surface area contributed by atoms with Crippen LogP contribution in [0.25, 0.3) is 0 Å². The van der Waals surface area contributed by atoms with Gasteiger partial charge >= 0.3 is 6.01 Å². The number of nitrogens with one attached hydrogen (secondary N) is 3. The van der Waals surface area contributed by atoms with Crippen LogP contribution in [0, 0.1) is 0 Å². The molecule has 1 amide bonds. The van der Waals surface area contributed by atoms with E-state index in [1.165, 1.54) is 12.8 Å². The number of carbonyl (C=O) groups excluding carboxylic acids is 1. The summed E-state index contributed by atoms with van der Waals surface area (Å²) < 4.78 is 5.35. The maximum atomic E-state index is 11.3. The van der Waals surface area contributed by atoms with Gasteiger partial charge in [-0.2, -0.15) is 0 Å². The van der Waals surface area contributed by atoms with Gasteiger partial charge in [0.2, 0.25) is 11.8 Å². The van der Waals surface area contributed by atoms with Crippen molar-refractivity contribution in [1.82, 2.24) is 20.8 Å². The topological polar surface area (TPSA) is 92.1 Å². The Balaban J connectivity index is 1.82. The number of nitrogens with zero attached hydrogens (tertiary/aromatic N) is 2. The number of likely N-dealkylation sites (N-methyl/N-ethyl adjacent to an activating group) is 1. The standard InChI is InChI=1S/C10H17N5O2/c1-6(9(16)11-2)13-10-15-14-8(17-10)5-12-7-3-4-7/h6-7,12H,3-5H2,1-2H3,(H,11,16)(H,13,15). The molecule has 0 radical (unpaired) electrons. The van der Waals surface area contributed by atoms with E-state index in [4.69, 9.17) is 4.42 Å². The first-order chi connectivity index (χ1) is 8.19. The summed E-state index contributed by atoms with van der Waals surface area (Å²) in [5.41, 5.74) is 0. The number of carbonyl (C=O) groups is 1. The molecule has 1 heterocycles. The molecule has 0 saturated heterocycles. The Kier molecular flexibility index (Phi) is 3.58. The lowest BCUT2D eigenvalue weighted by molar-refractivity contribution is -0.121. The first-order valence-electron chi connectivity index (χ1n) is 5.73. The van der Waals surface area contributed by atoms with Gasteiger partial charge in [-0.1, -0.05) is 5.10 Å². The van der Waals surface area contributed by atoms with E-state index in [1.54, 1.807) is 14.0 Å². The van der Waals surface area contributed by atoms with Crippen molar-refractivity contribution in [2.24, 2.45) is 0 Å². The number of rotatable bonds is 6. The summed E-state index contributed by atoms with van der Waals surface area (Å²) in [6.45, 7) is 2.30. The number of amides is 1. The quantitative estimate of drug-likeness (QED) is 0.640. The van der Waals surface area contributed by atoms with Crippen molar-refractivity contribution in [2.75, 3.05) is 12.4 Å². The highest BCUT2D eigenvalue weighted by molar-refractivity contribution is 5.83. The van der Waals surface area contributed by atoms with Gasteiger partial charge in [0.25, 0.3) is 0 Å². The highest BCUT2D eigenvalue weighted by Crippen LogP contribution is 2.19. The van der Waals surface area contributed by atoms with E-state index in [0.717, 1.165) is 0 Å². The van der Waals surface area contributed by atoms with Crippen LogP contribution in [0.1, 0.15) is 25.7 Å². The lowest BCUT2D eigenvalue weighted by Gasteiger charge is -2.08. The van der Waals surface area contributed by atoms with Crippen LogP contribution in [-0.4, -0.2) is 35.2 Å². The maximum Gasteiger partial charge on any atom is 0.316 e. The molecule has 2 rings (SSSR count). The third-order valence-electron chi connectivity index (χ3n) is 2.57. The summed E-state index contributed by atoms with van der Waals surface area (Å²) in [5.74, 6) is 0.407. The average Bonchev–Trinajstić information content (AvgIpc) is 3.06. The molecule has 7 nitrogen and oxygen atoms in total. The molecule has 1 unspecified atom stereocenters. The predicted octanol–water partition coefficient (Wildman–Crippen LogP) is -0.132. The molecule has 1 saturated carbocycles. The summed E-state index contributed by atoms with van der Waals surface area (Å²) in [4.78, 5) is 11.3. The zero-order chi connectivity index (χ0) is 12.3. The van der Waals surface area contributed by atoms with E-state index in [2.05, 4.69) is 26.1 Å². The van der Waals surface area contributed by atoms with Gasteiger partial charge in [-0.25, -0.2) is 0 Å². The van der Waals surface area contributed by atoms with Crippen molar-refractivity contribution < 1.29 is 9.21 Å². The molecule has 7 heteroatoms. The fourth-order valence-corrected chi connectivity index (χ4v) is 1.37. The maximum absolute atomic E-state index is 11.3. The molecule has 1 aromatic heterocycles. The second kappa shape index (κ2) is 5.13.